The number of carbonyl (C=O) groups excluding carboxylic acids is 1. The summed E-state index contributed by atoms with van der Waals surface area (Å²) in [5, 5.41) is 0.674. The first-order chi connectivity index (χ1) is 7.72. The number of carbonyl (C=O) groups is 1. The van der Waals surface area contributed by atoms with Gasteiger partial charge in [0.1, 0.15) is 0 Å². The molecule has 0 N–H and O–H groups in total. The lowest BCUT2D eigenvalue weighted by atomic mass is 9.89. The molecule has 0 radical (unpaired) electrons. The molecule has 0 saturated carbocycles. The van der Waals surface area contributed by atoms with Gasteiger partial charge in [-0.25, -0.2) is 0 Å². The molecule has 1 aromatic rings. The van der Waals surface area contributed by atoms with Crippen molar-refractivity contribution in [1.29, 1.82) is 0 Å². The van der Waals surface area contributed by atoms with E-state index in [1.807, 2.05) is 24.3 Å². The molecule has 1 saturated heterocycles. The Hall–Kier alpha value is -1.06. The van der Waals surface area contributed by atoms with Crippen molar-refractivity contribution in [1.82, 2.24) is 0 Å². The van der Waals surface area contributed by atoms with Gasteiger partial charge in [-0.05, 0) is 17.7 Å². The van der Waals surface area contributed by atoms with Gasteiger partial charge in [0, 0.05) is 10.9 Å². The lowest BCUT2D eigenvalue weighted by molar-refractivity contribution is -0.145. The van der Waals surface area contributed by atoms with Crippen molar-refractivity contribution in [3.8, 4) is 0 Å². The summed E-state index contributed by atoms with van der Waals surface area (Å²) in [6.45, 7) is 0.962. The first-order valence-electron chi connectivity index (χ1n) is 5.13. The topological polar surface area (TPSA) is 35.5 Å². The molecule has 2 atom stereocenters. The van der Waals surface area contributed by atoms with Crippen LogP contribution in [-0.4, -0.2) is 26.3 Å². The van der Waals surface area contributed by atoms with Gasteiger partial charge in [0.25, 0.3) is 0 Å². The van der Waals surface area contributed by atoms with E-state index in [9.17, 15) is 4.79 Å². The quantitative estimate of drug-likeness (QED) is 0.744. The maximum atomic E-state index is 11.5. The largest absolute Gasteiger partial charge is 0.469 e. The molecule has 16 heavy (non-hydrogen) atoms. The van der Waals surface area contributed by atoms with E-state index in [-0.39, 0.29) is 17.8 Å². The van der Waals surface area contributed by atoms with Gasteiger partial charge in [-0.3, -0.25) is 4.79 Å². The van der Waals surface area contributed by atoms with Crippen molar-refractivity contribution in [3.63, 3.8) is 0 Å². The highest BCUT2D eigenvalue weighted by Crippen LogP contribution is 2.32. The smallest absolute Gasteiger partial charge is 0.311 e. The number of hydrogen-bond acceptors (Lipinski definition) is 3. The summed E-state index contributed by atoms with van der Waals surface area (Å²) in [6.07, 6.45) is 0. The van der Waals surface area contributed by atoms with Crippen molar-refractivity contribution in [2.24, 2.45) is 5.92 Å². The summed E-state index contributed by atoms with van der Waals surface area (Å²) >= 11 is 5.93. The molecule has 86 valence electrons. The number of hydrogen-bond donors (Lipinski definition) is 0. The van der Waals surface area contributed by atoms with E-state index < -0.39 is 0 Å². The van der Waals surface area contributed by atoms with Gasteiger partial charge in [-0.15, -0.1) is 0 Å². The second-order valence-electron chi connectivity index (χ2n) is 3.83. The zero-order chi connectivity index (χ0) is 11.5. The van der Waals surface area contributed by atoms with Crippen LogP contribution < -0.4 is 0 Å². The minimum atomic E-state index is -0.220. The van der Waals surface area contributed by atoms with Crippen molar-refractivity contribution >= 4 is 17.6 Å². The molecule has 1 aliphatic heterocycles. The monoisotopic (exact) mass is 240 g/mol. The molecular weight excluding hydrogens is 228 g/mol. The molecule has 0 spiro atoms. The fourth-order valence-electron chi connectivity index (χ4n) is 2.00. The molecule has 1 fully saturated rings. The highest BCUT2D eigenvalue weighted by molar-refractivity contribution is 6.30. The molecule has 1 aromatic carbocycles. The maximum Gasteiger partial charge on any atom is 0.311 e. The zero-order valence-electron chi connectivity index (χ0n) is 8.98. The van der Waals surface area contributed by atoms with E-state index in [4.69, 9.17) is 21.1 Å². The van der Waals surface area contributed by atoms with Crippen LogP contribution in [0.4, 0.5) is 0 Å². The number of benzene rings is 1. The lowest BCUT2D eigenvalue weighted by Gasteiger charge is -2.15. The van der Waals surface area contributed by atoms with Crippen LogP contribution in [0.2, 0.25) is 5.02 Å². The Morgan fingerprint density at radius 2 is 2.31 bits per heavy atom. The van der Waals surface area contributed by atoms with Gasteiger partial charge < -0.3 is 9.47 Å². The molecule has 3 nitrogen and oxygen atoms in total. The zero-order valence-corrected chi connectivity index (χ0v) is 9.74. The van der Waals surface area contributed by atoms with Gasteiger partial charge in [0.05, 0.1) is 26.2 Å². The summed E-state index contributed by atoms with van der Waals surface area (Å²) in [5.41, 5.74) is 1.03. The number of rotatable bonds is 2. The predicted molar refractivity (Wildman–Crippen MR) is 60.5 cm³/mol. The van der Waals surface area contributed by atoms with E-state index >= 15 is 0 Å². The van der Waals surface area contributed by atoms with Crippen molar-refractivity contribution in [2.45, 2.75) is 5.92 Å². The molecule has 0 bridgehead atoms. The van der Waals surface area contributed by atoms with Crippen LogP contribution in [0.5, 0.6) is 0 Å². The summed E-state index contributed by atoms with van der Waals surface area (Å²) < 4.78 is 10.1. The van der Waals surface area contributed by atoms with Gasteiger partial charge in [-0.1, -0.05) is 23.7 Å². The number of esters is 1. The Morgan fingerprint density at radius 1 is 1.50 bits per heavy atom. The molecule has 4 heteroatoms. The van der Waals surface area contributed by atoms with Gasteiger partial charge in [0.15, 0.2) is 0 Å². The Morgan fingerprint density at radius 3 is 3.00 bits per heavy atom. The summed E-state index contributed by atoms with van der Waals surface area (Å²) in [6, 6.07) is 7.52. The Bertz CT molecular complexity index is 392. The van der Waals surface area contributed by atoms with Crippen LogP contribution in [0.3, 0.4) is 0 Å². The van der Waals surface area contributed by atoms with Crippen molar-refractivity contribution in [2.75, 3.05) is 20.3 Å². The van der Waals surface area contributed by atoms with Crippen LogP contribution in [0.15, 0.2) is 24.3 Å². The van der Waals surface area contributed by atoms with E-state index in [1.165, 1.54) is 7.11 Å². The van der Waals surface area contributed by atoms with E-state index in [2.05, 4.69) is 0 Å². The van der Waals surface area contributed by atoms with Crippen LogP contribution in [0.25, 0.3) is 0 Å². The average Bonchev–Trinajstić information content (AvgIpc) is 2.77. The molecule has 0 amide bonds. The minimum absolute atomic E-state index is 0.0474. The lowest BCUT2D eigenvalue weighted by Crippen LogP contribution is -2.22. The first kappa shape index (κ1) is 11.4. The van der Waals surface area contributed by atoms with E-state index in [0.717, 1.165) is 5.56 Å². The Balaban J connectivity index is 2.23. The second-order valence-corrected chi connectivity index (χ2v) is 4.27. The minimum Gasteiger partial charge on any atom is -0.469 e. The SMILES string of the molecule is COC(=O)C1COCC1c1cccc(Cl)c1. The summed E-state index contributed by atoms with van der Waals surface area (Å²) in [7, 11) is 1.40. The third-order valence-electron chi connectivity index (χ3n) is 2.86. The third-order valence-corrected chi connectivity index (χ3v) is 3.10. The average molecular weight is 241 g/mol. The molecule has 1 heterocycles. The fourth-order valence-corrected chi connectivity index (χ4v) is 2.20. The number of halogens is 1. The molecule has 0 aliphatic carbocycles. The second kappa shape index (κ2) is 4.85. The molecule has 1 aliphatic rings. The fraction of sp³-hybridized carbons (Fsp3) is 0.417. The number of ether oxygens (including phenoxy) is 2. The number of methoxy groups -OCH3 is 1. The van der Waals surface area contributed by atoms with Crippen LogP contribution in [0, 0.1) is 5.92 Å². The standard InChI is InChI=1S/C12H13ClO3/c1-15-12(14)11-7-16-6-10(11)8-3-2-4-9(13)5-8/h2-5,10-11H,6-7H2,1H3. The van der Waals surface area contributed by atoms with E-state index in [0.29, 0.717) is 18.2 Å². The third kappa shape index (κ3) is 2.20. The highest BCUT2D eigenvalue weighted by Gasteiger charge is 2.35. The van der Waals surface area contributed by atoms with Crippen LogP contribution in [-0.2, 0) is 14.3 Å². The molecule has 2 unspecified atom stereocenters. The van der Waals surface area contributed by atoms with Gasteiger partial charge in [0.2, 0.25) is 0 Å². The van der Waals surface area contributed by atoms with Crippen molar-refractivity contribution < 1.29 is 14.3 Å². The normalized spacial score (nSPS) is 24.4. The van der Waals surface area contributed by atoms with Gasteiger partial charge >= 0.3 is 5.97 Å². The van der Waals surface area contributed by atoms with Crippen LogP contribution in [0.1, 0.15) is 11.5 Å². The Kier molecular flexibility index (Phi) is 3.46. The molecule has 2 rings (SSSR count). The summed E-state index contributed by atoms with van der Waals surface area (Å²) in [4.78, 5) is 11.5. The molecular formula is C12H13ClO3. The Labute approximate surface area is 99.3 Å². The predicted octanol–water partition coefficient (Wildman–Crippen LogP) is 2.24. The first-order valence-corrected chi connectivity index (χ1v) is 5.51. The van der Waals surface area contributed by atoms with E-state index in [1.54, 1.807) is 0 Å². The van der Waals surface area contributed by atoms with Crippen molar-refractivity contribution in [3.05, 3.63) is 34.9 Å². The molecule has 0 aromatic heterocycles. The van der Waals surface area contributed by atoms with Crippen LogP contribution >= 0.6 is 11.6 Å². The highest BCUT2D eigenvalue weighted by atomic mass is 35.5. The summed E-state index contributed by atoms with van der Waals surface area (Å²) in [5.74, 6) is -0.392. The maximum absolute atomic E-state index is 11.5. The van der Waals surface area contributed by atoms with Gasteiger partial charge in [-0.2, -0.15) is 0 Å².